The van der Waals surface area contributed by atoms with Gasteiger partial charge in [0.2, 0.25) is 11.8 Å². The second-order valence-corrected chi connectivity index (χ2v) is 11.7. The Hall–Kier alpha value is -2.73. The highest BCUT2D eigenvalue weighted by Crippen LogP contribution is 2.46. The number of anilines is 1. The highest BCUT2D eigenvalue weighted by Gasteiger charge is 2.45. The minimum absolute atomic E-state index is 0.00132. The Morgan fingerprint density at radius 1 is 1.14 bits per heavy atom. The number of aryl methyl sites for hydroxylation is 1. The molecule has 1 fully saturated rings. The van der Waals surface area contributed by atoms with Crippen molar-refractivity contribution in [2.45, 2.75) is 77.7 Å². The third-order valence-corrected chi connectivity index (χ3v) is 8.21. The van der Waals surface area contributed by atoms with Crippen molar-refractivity contribution < 1.29 is 9.59 Å². The Labute approximate surface area is 215 Å². The number of nitrogens with two attached hydrogens (primary N) is 1. The van der Waals surface area contributed by atoms with Crippen molar-refractivity contribution in [3.8, 4) is 0 Å². The Bertz CT molecular complexity index is 1040. The molecule has 1 saturated carbocycles. The van der Waals surface area contributed by atoms with E-state index in [1.54, 1.807) is 24.5 Å². The molecule has 6 heteroatoms. The van der Waals surface area contributed by atoms with Crippen molar-refractivity contribution in [3.05, 3.63) is 59.9 Å². The standard InChI is InChI=1S/C30H42N4O2/c1-20(2)15-21-16-24(18-30(3,17-21)29(36)34-25-11-13-32-14-12-25)27(31)28(35)33-19-23-9-6-8-22-7-4-5-10-26(22)23/h4-5,7,10-14,20-21,23-24,27H,6,8-9,15-19,31H2,1-3H3,(H,33,35)(H,32,34,36). The Kier molecular flexibility index (Phi) is 8.45. The third-order valence-electron chi connectivity index (χ3n) is 8.21. The molecule has 2 aromatic rings. The van der Waals surface area contributed by atoms with Gasteiger partial charge in [-0.3, -0.25) is 14.6 Å². The van der Waals surface area contributed by atoms with Crippen molar-refractivity contribution in [1.82, 2.24) is 10.3 Å². The van der Waals surface area contributed by atoms with E-state index in [0.29, 0.717) is 30.7 Å². The SMILES string of the molecule is CC(C)CC1CC(C(N)C(=O)NCC2CCCc3ccccc32)CC(C)(C(=O)Nc2ccncc2)C1. The predicted octanol–water partition coefficient (Wildman–Crippen LogP) is 5.05. The topological polar surface area (TPSA) is 97.1 Å². The molecule has 36 heavy (non-hydrogen) atoms. The molecule has 0 spiro atoms. The van der Waals surface area contributed by atoms with Gasteiger partial charge in [0, 0.05) is 36.0 Å². The second kappa shape index (κ2) is 11.5. The summed E-state index contributed by atoms with van der Waals surface area (Å²) >= 11 is 0. The summed E-state index contributed by atoms with van der Waals surface area (Å²) in [5.41, 5.74) is 9.53. The number of benzene rings is 1. The largest absolute Gasteiger partial charge is 0.354 e. The lowest BCUT2D eigenvalue weighted by molar-refractivity contribution is -0.131. The van der Waals surface area contributed by atoms with Crippen LogP contribution >= 0.6 is 0 Å². The van der Waals surface area contributed by atoms with Gasteiger partial charge in [0.05, 0.1) is 6.04 Å². The number of aromatic nitrogens is 1. The quantitative estimate of drug-likeness (QED) is 0.482. The van der Waals surface area contributed by atoms with Crippen LogP contribution in [0.15, 0.2) is 48.8 Å². The van der Waals surface area contributed by atoms with Crippen LogP contribution in [-0.4, -0.2) is 29.4 Å². The second-order valence-electron chi connectivity index (χ2n) is 11.7. The number of rotatable bonds is 8. The summed E-state index contributed by atoms with van der Waals surface area (Å²) in [5, 5.41) is 6.24. The average Bonchev–Trinajstić information content (AvgIpc) is 2.86. The number of amides is 2. The molecule has 0 aliphatic heterocycles. The number of fused-ring (bicyclic) bond motifs is 1. The highest BCUT2D eigenvalue weighted by molar-refractivity contribution is 5.95. The first kappa shape index (κ1) is 26.3. The summed E-state index contributed by atoms with van der Waals surface area (Å²) in [6.45, 7) is 7.08. The molecular weight excluding hydrogens is 448 g/mol. The lowest BCUT2D eigenvalue weighted by Crippen LogP contribution is -2.51. The van der Waals surface area contributed by atoms with Gasteiger partial charge in [0.15, 0.2) is 0 Å². The van der Waals surface area contributed by atoms with Crippen molar-refractivity contribution in [1.29, 1.82) is 0 Å². The molecule has 2 aliphatic carbocycles. The monoisotopic (exact) mass is 490 g/mol. The maximum Gasteiger partial charge on any atom is 0.237 e. The smallest absolute Gasteiger partial charge is 0.237 e. The van der Waals surface area contributed by atoms with Gasteiger partial charge >= 0.3 is 0 Å². The molecule has 5 unspecified atom stereocenters. The van der Waals surface area contributed by atoms with Crippen LogP contribution in [0.3, 0.4) is 0 Å². The van der Waals surface area contributed by atoms with Crippen LogP contribution in [0.25, 0.3) is 0 Å². The van der Waals surface area contributed by atoms with Crippen molar-refractivity contribution in [2.75, 3.05) is 11.9 Å². The van der Waals surface area contributed by atoms with Crippen LogP contribution in [0, 0.1) is 23.2 Å². The number of nitrogens with zero attached hydrogens (tertiary/aromatic N) is 1. The zero-order valence-electron chi connectivity index (χ0n) is 22.0. The van der Waals surface area contributed by atoms with E-state index in [9.17, 15) is 9.59 Å². The molecule has 4 rings (SSSR count). The summed E-state index contributed by atoms with van der Waals surface area (Å²) < 4.78 is 0. The number of carbonyl (C=O) groups is 2. The fourth-order valence-electron chi connectivity index (χ4n) is 6.54. The van der Waals surface area contributed by atoms with E-state index in [-0.39, 0.29) is 17.7 Å². The molecule has 6 nitrogen and oxygen atoms in total. The van der Waals surface area contributed by atoms with Crippen LogP contribution in [0.1, 0.15) is 76.3 Å². The van der Waals surface area contributed by atoms with Gasteiger partial charge in [0.25, 0.3) is 0 Å². The summed E-state index contributed by atoms with van der Waals surface area (Å²) in [7, 11) is 0. The molecule has 1 heterocycles. The maximum absolute atomic E-state index is 13.4. The predicted molar refractivity (Wildman–Crippen MR) is 144 cm³/mol. The average molecular weight is 491 g/mol. The van der Waals surface area contributed by atoms with Crippen LogP contribution in [-0.2, 0) is 16.0 Å². The maximum atomic E-state index is 13.4. The molecule has 2 amide bonds. The van der Waals surface area contributed by atoms with E-state index in [2.05, 4.69) is 53.7 Å². The van der Waals surface area contributed by atoms with Crippen LogP contribution in [0.4, 0.5) is 5.69 Å². The molecule has 0 bridgehead atoms. The van der Waals surface area contributed by atoms with E-state index in [1.165, 1.54) is 11.1 Å². The van der Waals surface area contributed by atoms with E-state index in [1.807, 2.05) is 6.92 Å². The summed E-state index contributed by atoms with van der Waals surface area (Å²) in [6.07, 6.45) is 10.0. The fraction of sp³-hybridized carbons (Fsp3) is 0.567. The number of hydrogen-bond acceptors (Lipinski definition) is 4. The number of nitrogens with one attached hydrogen (secondary N) is 2. The normalized spacial score (nSPS) is 26.6. The number of carbonyl (C=O) groups excluding carboxylic acids is 2. The molecule has 2 aliphatic rings. The fourth-order valence-corrected chi connectivity index (χ4v) is 6.54. The lowest BCUT2D eigenvalue weighted by atomic mass is 9.62. The summed E-state index contributed by atoms with van der Waals surface area (Å²) in [6, 6.07) is 11.5. The van der Waals surface area contributed by atoms with E-state index in [4.69, 9.17) is 5.73 Å². The van der Waals surface area contributed by atoms with Gasteiger partial charge in [-0.2, -0.15) is 0 Å². The zero-order valence-corrected chi connectivity index (χ0v) is 22.0. The van der Waals surface area contributed by atoms with Crippen LogP contribution in [0.5, 0.6) is 0 Å². The lowest BCUT2D eigenvalue weighted by Gasteiger charge is -2.43. The molecule has 1 aromatic carbocycles. The third kappa shape index (κ3) is 6.33. The molecule has 1 aromatic heterocycles. The van der Waals surface area contributed by atoms with Gasteiger partial charge in [-0.1, -0.05) is 45.0 Å². The molecule has 0 radical (unpaired) electrons. The molecule has 0 saturated heterocycles. The molecule has 5 atom stereocenters. The molecular formula is C30H42N4O2. The van der Waals surface area contributed by atoms with E-state index in [0.717, 1.165) is 44.2 Å². The summed E-state index contributed by atoms with van der Waals surface area (Å²) in [5.74, 6) is 1.10. The van der Waals surface area contributed by atoms with Gasteiger partial charge in [-0.05, 0) is 86.0 Å². The molecule has 4 N–H and O–H groups in total. The first-order valence-corrected chi connectivity index (χ1v) is 13.6. The van der Waals surface area contributed by atoms with Gasteiger partial charge in [0.1, 0.15) is 0 Å². The van der Waals surface area contributed by atoms with Gasteiger partial charge < -0.3 is 16.4 Å². The Morgan fingerprint density at radius 2 is 1.89 bits per heavy atom. The highest BCUT2D eigenvalue weighted by atomic mass is 16.2. The van der Waals surface area contributed by atoms with Gasteiger partial charge in [-0.25, -0.2) is 0 Å². The first-order chi connectivity index (χ1) is 17.2. The Morgan fingerprint density at radius 3 is 2.64 bits per heavy atom. The van der Waals surface area contributed by atoms with Crippen molar-refractivity contribution >= 4 is 17.5 Å². The van der Waals surface area contributed by atoms with E-state index >= 15 is 0 Å². The minimum Gasteiger partial charge on any atom is -0.354 e. The van der Waals surface area contributed by atoms with Crippen molar-refractivity contribution in [3.63, 3.8) is 0 Å². The van der Waals surface area contributed by atoms with Gasteiger partial charge in [-0.15, -0.1) is 0 Å². The molecule has 194 valence electrons. The zero-order chi connectivity index (χ0) is 25.7. The first-order valence-electron chi connectivity index (χ1n) is 13.6. The van der Waals surface area contributed by atoms with Crippen LogP contribution < -0.4 is 16.4 Å². The number of pyridine rings is 1. The Balaban J connectivity index is 1.43. The van der Waals surface area contributed by atoms with E-state index < -0.39 is 11.5 Å². The summed E-state index contributed by atoms with van der Waals surface area (Å²) in [4.78, 5) is 30.7. The van der Waals surface area contributed by atoms with Crippen molar-refractivity contribution in [2.24, 2.45) is 28.9 Å². The number of hydrogen-bond donors (Lipinski definition) is 3. The van der Waals surface area contributed by atoms with Crippen LogP contribution in [0.2, 0.25) is 0 Å². The minimum atomic E-state index is -0.619.